The van der Waals surface area contributed by atoms with Crippen molar-refractivity contribution in [3.05, 3.63) is 105 Å². The van der Waals surface area contributed by atoms with Gasteiger partial charge in [-0.25, -0.2) is 9.78 Å². The fourth-order valence-corrected chi connectivity index (χ4v) is 3.80. The van der Waals surface area contributed by atoms with Crippen LogP contribution in [-0.2, 0) is 6.42 Å². The number of benzene rings is 2. The van der Waals surface area contributed by atoms with Crippen molar-refractivity contribution >= 4 is 11.8 Å². The van der Waals surface area contributed by atoms with Gasteiger partial charge in [-0.1, -0.05) is 67.6 Å². The van der Waals surface area contributed by atoms with Crippen LogP contribution in [0.15, 0.2) is 71.5 Å². The average molecular weight is 443 g/mol. The smallest absolute Gasteiger partial charge is 0.321 e. The molecule has 3 N–H and O–H groups in total. The van der Waals surface area contributed by atoms with Gasteiger partial charge in [-0.2, -0.15) is 9.78 Å². The molecule has 2 aromatic heterocycles. The molecule has 0 radical (unpaired) electrons. The lowest BCUT2D eigenvalue weighted by molar-refractivity contribution is 0.250. The van der Waals surface area contributed by atoms with Gasteiger partial charge in [-0.3, -0.25) is 15.1 Å². The molecule has 2 heterocycles. The highest BCUT2D eigenvalue weighted by Gasteiger charge is 2.19. The Kier molecular flexibility index (Phi) is 6.35. The molecule has 0 aliphatic heterocycles. The summed E-state index contributed by atoms with van der Waals surface area (Å²) < 4.78 is 1.43. The maximum Gasteiger partial charge on any atom is 0.321 e. The summed E-state index contributed by atoms with van der Waals surface area (Å²) in [6.45, 7) is 5.50. The fraction of sp³-hybridized carbons (Fsp3) is 0.200. The second kappa shape index (κ2) is 9.52. The van der Waals surface area contributed by atoms with Gasteiger partial charge >= 0.3 is 6.03 Å². The highest BCUT2D eigenvalue weighted by molar-refractivity contribution is 5.89. The number of nitrogens with one attached hydrogen (secondary N) is 3. The number of rotatable bonds is 6. The monoisotopic (exact) mass is 442 g/mol. The van der Waals surface area contributed by atoms with Crippen molar-refractivity contribution in [2.24, 2.45) is 0 Å². The summed E-state index contributed by atoms with van der Waals surface area (Å²) in [4.78, 5) is 32.7. The summed E-state index contributed by atoms with van der Waals surface area (Å²) in [5.74, 6) is 0.650. The zero-order valence-corrected chi connectivity index (χ0v) is 18.8. The van der Waals surface area contributed by atoms with E-state index < -0.39 is 6.03 Å². The summed E-state index contributed by atoms with van der Waals surface area (Å²) in [7, 11) is 0. The second-order valence-electron chi connectivity index (χ2n) is 7.74. The van der Waals surface area contributed by atoms with Gasteiger partial charge < -0.3 is 5.32 Å². The van der Waals surface area contributed by atoms with Gasteiger partial charge in [0.2, 0.25) is 5.95 Å². The van der Waals surface area contributed by atoms with Crippen LogP contribution in [0.5, 0.6) is 0 Å². The normalized spacial score (nSPS) is 10.9. The van der Waals surface area contributed by atoms with Gasteiger partial charge in [-0.05, 0) is 31.4 Å². The maximum absolute atomic E-state index is 13.0. The first-order valence-corrected chi connectivity index (χ1v) is 10.8. The lowest BCUT2D eigenvalue weighted by Gasteiger charge is -2.20. The molecule has 0 aliphatic rings. The predicted octanol–water partition coefficient (Wildman–Crippen LogP) is 4.05. The van der Waals surface area contributed by atoms with Gasteiger partial charge in [0.05, 0.1) is 11.7 Å². The number of carbonyl (C=O) groups is 1. The molecule has 0 aliphatic carbocycles. The van der Waals surface area contributed by atoms with E-state index in [1.807, 2.05) is 74.5 Å². The molecule has 0 saturated carbocycles. The molecule has 0 unspecified atom stereocenters. The Morgan fingerprint density at radius 1 is 1.03 bits per heavy atom. The molecular weight excluding hydrogens is 416 g/mol. The summed E-state index contributed by atoms with van der Waals surface area (Å²) in [5.41, 5.74) is 3.64. The minimum atomic E-state index is -0.405. The topological polar surface area (TPSA) is 105 Å². The first-order chi connectivity index (χ1) is 16.0. The Bertz CT molecular complexity index is 1270. The lowest BCUT2D eigenvalue weighted by atomic mass is 9.99. The third kappa shape index (κ3) is 4.85. The Labute approximate surface area is 191 Å². The van der Waals surface area contributed by atoms with Crippen molar-refractivity contribution in [3.63, 3.8) is 0 Å². The molecule has 168 valence electrons. The predicted molar refractivity (Wildman–Crippen MR) is 128 cm³/mol. The van der Waals surface area contributed by atoms with E-state index in [0.29, 0.717) is 29.2 Å². The molecule has 0 fully saturated rings. The Morgan fingerprint density at radius 3 is 2.18 bits per heavy atom. The number of urea groups is 1. The number of H-pyrrole nitrogens is 1. The standard InChI is InChI=1S/C25H26N6O2/c1-4-20-17(3)26-24(29-23(20)32)31-21(15-16(2)30-31)27-25(33)28-22(18-11-7-5-8-12-18)19-13-9-6-10-14-19/h5-15,22H,4H2,1-3H3,(H,26,29,32)(H2,27,28,33). The molecule has 0 saturated heterocycles. The Hall–Kier alpha value is -4.20. The summed E-state index contributed by atoms with van der Waals surface area (Å²) in [6.07, 6.45) is 0.584. The van der Waals surface area contributed by atoms with Gasteiger partial charge in [-0.15, -0.1) is 0 Å². The quantitative estimate of drug-likeness (QED) is 0.419. The first-order valence-electron chi connectivity index (χ1n) is 10.8. The van der Waals surface area contributed by atoms with Crippen molar-refractivity contribution in [2.45, 2.75) is 33.2 Å². The van der Waals surface area contributed by atoms with Crippen LogP contribution in [0.1, 0.15) is 41.0 Å². The van der Waals surface area contributed by atoms with Crippen LogP contribution in [0.2, 0.25) is 0 Å². The molecule has 8 heteroatoms. The molecule has 2 aromatic carbocycles. The maximum atomic E-state index is 13.0. The van der Waals surface area contributed by atoms with Crippen LogP contribution >= 0.6 is 0 Å². The SMILES string of the molecule is CCc1c(C)nc(-n2nc(C)cc2NC(=O)NC(c2ccccc2)c2ccccc2)[nH]c1=O. The molecule has 33 heavy (non-hydrogen) atoms. The number of aromatic nitrogens is 4. The molecule has 0 spiro atoms. The van der Waals surface area contributed by atoms with Gasteiger partial charge in [0, 0.05) is 17.3 Å². The van der Waals surface area contributed by atoms with Gasteiger partial charge in [0.15, 0.2) is 0 Å². The zero-order valence-electron chi connectivity index (χ0n) is 18.8. The van der Waals surface area contributed by atoms with E-state index >= 15 is 0 Å². The fourth-order valence-electron chi connectivity index (χ4n) is 3.80. The summed E-state index contributed by atoms with van der Waals surface area (Å²) in [6, 6.07) is 20.5. The number of anilines is 1. The third-order valence-electron chi connectivity index (χ3n) is 5.38. The Balaban J connectivity index is 1.62. The first kappa shape index (κ1) is 22.0. The molecule has 0 atom stereocenters. The van der Waals surface area contributed by atoms with Gasteiger partial charge in [0.1, 0.15) is 5.82 Å². The van der Waals surface area contributed by atoms with Crippen LogP contribution in [0.4, 0.5) is 10.6 Å². The zero-order chi connectivity index (χ0) is 23.4. The number of amides is 2. The second-order valence-corrected chi connectivity index (χ2v) is 7.74. The number of aryl methyl sites for hydroxylation is 2. The minimum absolute atomic E-state index is 0.211. The number of nitrogens with zero attached hydrogens (tertiary/aromatic N) is 3. The summed E-state index contributed by atoms with van der Waals surface area (Å²) in [5, 5.41) is 10.3. The average Bonchev–Trinajstić information content (AvgIpc) is 3.18. The van der Waals surface area contributed by atoms with Crippen LogP contribution in [0.3, 0.4) is 0 Å². The number of hydrogen-bond acceptors (Lipinski definition) is 4. The van der Waals surface area contributed by atoms with Crippen molar-refractivity contribution < 1.29 is 4.79 Å². The Morgan fingerprint density at radius 2 is 1.64 bits per heavy atom. The van der Waals surface area contributed by atoms with Crippen LogP contribution in [-0.4, -0.2) is 25.8 Å². The van der Waals surface area contributed by atoms with E-state index in [2.05, 4.69) is 25.7 Å². The van der Waals surface area contributed by atoms with Crippen molar-refractivity contribution in [1.82, 2.24) is 25.1 Å². The molecule has 0 bridgehead atoms. The van der Waals surface area contributed by atoms with E-state index in [0.717, 1.165) is 11.1 Å². The molecule has 4 rings (SSSR count). The minimum Gasteiger partial charge on any atom is -0.327 e. The summed E-state index contributed by atoms with van der Waals surface area (Å²) >= 11 is 0. The molecule has 2 amide bonds. The largest absolute Gasteiger partial charge is 0.327 e. The van der Waals surface area contributed by atoms with Crippen LogP contribution < -0.4 is 16.2 Å². The van der Waals surface area contributed by atoms with Crippen LogP contribution in [0, 0.1) is 13.8 Å². The molecule has 8 nitrogen and oxygen atoms in total. The van der Waals surface area contributed by atoms with E-state index in [1.165, 1.54) is 4.68 Å². The van der Waals surface area contributed by atoms with Crippen molar-refractivity contribution in [2.75, 3.05) is 5.32 Å². The van der Waals surface area contributed by atoms with Crippen molar-refractivity contribution in [3.8, 4) is 5.95 Å². The van der Waals surface area contributed by atoms with E-state index in [4.69, 9.17) is 0 Å². The number of hydrogen-bond donors (Lipinski definition) is 3. The molecule has 4 aromatic rings. The van der Waals surface area contributed by atoms with Gasteiger partial charge in [0.25, 0.3) is 5.56 Å². The van der Waals surface area contributed by atoms with Crippen LogP contribution in [0.25, 0.3) is 5.95 Å². The number of aromatic amines is 1. The van der Waals surface area contributed by atoms with Crippen molar-refractivity contribution in [1.29, 1.82) is 0 Å². The van der Waals surface area contributed by atoms with E-state index in [1.54, 1.807) is 13.0 Å². The van der Waals surface area contributed by atoms with E-state index in [-0.39, 0.29) is 17.5 Å². The third-order valence-corrected chi connectivity index (χ3v) is 5.38. The molecular formula is C25H26N6O2. The van der Waals surface area contributed by atoms with E-state index in [9.17, 15) is 9.59 Å². The highest BCUT2D eigenvalue weighted by atomic mass is 16.2. The highest BCUT2D eigenvalue weighted by Crippen LogP contribution is 2.22. The number of carbonyl (C=O) groups excluding carboxylic acids is 1. The lowest BCUT2D eigenvalue weighted by Crippen LogP contribution is -2.34.